The fraction of sp³-hybridized carbons (Fsp3) is 0.833. The van der Waals surface area contributed by atoms with Crippen molar-refractivity contribution in [2.45, 2.75) is 45.1 Å². The largest absolute Gasteiger partial charge is 0.297 e. The molecule has 3 rings (SSSR count). The first-order valence-corrected chi connectivity index (χ1v) is 7.66. The van der Waals surface area contributed by atoms with Crippen LogP contribution in [0.4, 0.5) is 0 Å². The highest BCUT2D eigenvalue weighted by atomic mass is 35.5. The first-order chi connectivity index (χ1) is 8.26. The highest BCUT2D eigenvalue weighted by molar-refractivity contribution is 7.15. The summed E-state index contributed by atoms with van der Waals surface area (Å²) in [5, 5.41) is 9.01. The van der Waals surface area contributed by atoms with Crippen LogP contribution in [0.1, 0.15) is 43.5 Å². The standard InChI is InChI=1S/C12H18ClN3S/c13-11-15-14-10(17-11)9-16-7-5-12(6-8-16)3-1-2-4-12/h1-9H2. The molecule has 17 heavy (non-hydrogen) atoms. The van der Waals surface area contributed by atoms with E-state index < -0.39 is 0 Å². The predicted molar refractivity (Wildman–Crippen MR) is 70.3 cm³/mol. The molecule has 1 aromatic heterocycles. The van der Waals surface area contributed by atoms with Gasteiger partial charge in [0.25, 0.3) is 0 Å². The predicted octanol–water partition coefficient (Wildman–Crippen LogP) is 3.35. The molecule has 2 fully saturated rings. The molecule has 94 valence electrons. The fourth-order valence-electron chi connectivity index (χ4n) is 3.30. The molecule has 0 bridgehead atoms. The fourth-order valence-corrected chi connectivity index (χ4v) is 4.21. The molecule has 1 aliphatic heterocycles. The highest BCUT2D eigenvalue weighted by Gasteiger charge is 2.36. The molecule has 0 atom stereocenters. The Labute approximate surface area is 111 Å². The van der Waals surface area contributed by atoms with Gasteiger partial charge in [0.15, 0.2) is 0 Å². The molecule has 5 heteroatoms. The van der Waals surface area contributed by atoms with Gasteiger partial charge < -0.3 is 0 Å². The van der Waals surface area contributed by atoms with Crippen LogP contribution in [0.25, 0.3) is 0 Å². The monoisotopic (exact) mass is 271 g/mol. The quantitative estimate of drug-likeness (QED) is 0.826. The van der Waals surface area contributed by atoms with Crippen LogP contribution >= 0.6 is 22.9 Å². The van der Waals surface area contributed by atoms with Crippen LogP contribution in [-0.4, -0.2) is 28.2 Å². The summed E-state index contributed by atoms with van der Waals surface area (Å²) in [5.41, 5.74) is 0.704. The summed E-state index contributed by atoms with van der Waals surface area (Å²) in [6, 6.07) is 0. The van der Waals surface area contributed by atoms with Crippen molar-refractivity contribution in [1.82, 2.24) is 15.1 Å². The zero-order valence-electron chi connectivity index (χ0n) is 9.99. The van der Waals surface area contributed by atoms with E-state index in [1.165, 1.54) is 63.0 Å². The summed E-state index contributed by atoms with van der Waals surface area (Å²) in [6.07, 6.45) is 8.58. The SMILES string of the molecule is Clc1nnc(CN2CCC3(CCCC3)CC2)s1. The van der Waals surface area contributed by atoms with Gasteiger partial charge >= 0.3 is 0 Å². The smallest absolute Gasteiger partial charge is 0.207 e. The zero-order chi connectivity index (χ0) is 11.7. The summed E-state index contributed by atoms with van der Waals surface area (Å²) in [6.45, 7) is 3.37. The number of halogens is 1. The first-order valence-electron chi connectivity index (χ1n) is 6.46. The Hall–Kier alpha value is -0.190. The van der Waals surface area contributed by atoms with Gasteiger partial charge in [-0.3, -0.25) is 4.90 Å². The van der Waals surface area contributed by atoms with Crippen LogP contribution in [0, 0.1) is 5.41 Å². The Morgan fingerprint density at radius 1 is 1.12 bits per heavy atom. The Morgan fingerprint density at radius 2 is 1.82 bits per heavy atom. The van der Waals surface area contributed by atoms with Gasteiger partial charge in [-0.25, -0.2) is 0 Å². The van der Waals surface area contributed by atoms with Crippen molar-refractivity contribution >= 4 is 22.9 Å². The molecule has 1 aromatic rings. The molecule has 2 aliphatic rings. The lowest BCUT2D eigenvalue weighted by atomic mass is 9.77. The van der Waals surface area contributed by atoms with E-state index in [0.717, 1.165) is 11.6 Å². The number of hydrogen-bond acceptors (Lipinski definition) is 4. The average Bonchev–Trinajstić information content (AvgIpc) is 2.93. The van der Waals surface area contributed by atoms with E-state index in [0.29, 0.717) is 9.88 Å². The molecule has 0 aromatic carbocycles. The summed E-state index contributed by atoms with van der Waals surface area (Å²) in [7, 11) is 0. The third kappa shape index (κ3) is 2.64. The minimum Gasteiger partial charge on any atom is -0.297 e. The molecular formula is C12H18ClN3S. The second kappa shape index (κ2) is 4.82. The maximum atomic E-state index is 5.80. The maximum absolute atomic E-state index is 5.80. The number of rotatable bonds is 2. The number of nitrogens with zero attached hydrogens (tertiary/aromatic N) is 3. The van der Waals surface area contributed by atoms with Crippen molar-refractivity contribution in [1.29, 1.82) is 0 Å². The summed E-state index contributed by atoms with van der Waals surface area (Å²) >= 11 is 7.31. The molecular weight excluding hydrogens is 254 g/mol. The summed E-state index contributed by atoms with van der Waals surface area (Å²) in [5.74, 6) is 0. The summed E-state index contributed by atoms with van der Waals surface area (Å²) < 4.78 is 0.560. The number of aromatic nitrogens is 2. The number of hydrogen-bond donors (Lipinski definition) is 0. The topological polar surface area (TPSA) is 29.0 Å². The molecule has 1 saturated carbocycles. The molecule has 1 saturated heterocycles. The third-order valence-corrected chi connectivity index (χ3v) is 5.39. The normalized spacial score (nSPS) is 24.5. The van der Waals surface area contributed by atoms with Crippen molar-refractivity contribution in [2.75, 3.05) is 13.1 Å². The lowest BCUT2D eigenvalue weighted by molar-refractivity contribution is 0.103. The van der Waals surface area contributed by atoms with Crippen molar-refractivity contribution in [3.8, 4) is 0 Å². The first kappa shape index (κ1) is 11.9. The Bertz CT molecular complexity index is 377. The average molecular weight is 272 g/mol. The Morgan fingerprint density at radius 3 is 2.41 bits per heavy atom. The summed E-state index contributed by atoms with van der Waals surface area (Å²) in [4.78, 5) is 2.50. The number of likely N-dealkylation sites (tertiary alicyclic amines) is 1. The van der Waals surface area contributed by atoms with E-state index in [1.807, 2.05) is 0 Å². The van der Waals surface area contributed by atoms with E-state index in [9.17, 15) is 0 Å². The second-order valence-electron chi connectivity index (χ2n) is 5.43. The van der Waals surface area contributed by atoms with E-state index in [2.05, 4.69) is 15.1 Å². The van der Waals surface area contributed by atoms with E-state index >= 15 is 0 Å². The van der Waals surface area contributed by atoms with Gasteiger partial charge in [0, 0.05) is 0 Å². The zero-order valence-corrected chi connectivity index (χ0v) is 11.6. The van der Waals surface area contributed by atoms with Crippen molar-refractivity contribution in [3.05, 3.63) is 9.47 Å². The van der Waals surface area contributed by atoms with Crippen LogP contribution in [0.15, 0.2) is 0 Å². The van der Waals surface area contributed by atoms with Crippen LogP contribution in [0.3, 0.4) is 0 Å². The minimum atomic E-state index is 0.560. The van der Waals surface area contributed by atoms with Gasteiger partial charge in [-0.1, -0.05) is 24.2 Å². The van der Waals surface area contributed by atoms with Crippen LogP contribution in [0.5, 0.6) is 0 Å². The second-order valence-corrected chi connectivity index (χ2v) is 7.08. The highest BCUT2D eigenvalue weighted by Crippen LogP contribution is 2.46. The molecule has 0 amide bonds. The molecule has 1 aliphatic carbocycles. The van der Waals surface area contributed by atoms with E-state index in [1.54, 1.807) is 0 Å². The molecule has 2 heterocycles. The molecule has 1 spiro atoms. The van der Waals surface area contributed by atoms with Crippen molar-refractivity contribution in [2.24, 2.45) is 5.41 Å². The van der Waals surface area contributed by atoms with Gasteiger partial charge in [-0.05, 0) is 55.8 Å². The Balaban J connectivity index is 1.54. The molecule has 0 unspecified atom stereocenters. The van der Waals surface area contributed by atoms with Gasteiger partial charge in [-0.15, -0.1) is 10.2 Å². The van der Waals surface area contributed by atoms with Gasteiger partial charge in [0.05, 0.1) is 6.54 Å². The Kier molecular flexibility index (Phi) is 3.37. The van der Waals surface area contributed by atoms with Crippen molar-refractivity contribution < 1.29 is 0 Å². The number of piperidine rings is 1. The van der Waals surface area contributed by atoms with E-state index in [-0.39, 0.29) is 0 Å². The van der Waals surface area contributed by atoms with Crippen LogP contribution in [0.2, 0.25) is 4.47 Å². The molecule has 3 nitrogen and oxygen atoms in total. The van der Waals surface area contributed by atoms with Gasteiger partial charge in [-0.2, -0.15) is 0 Å². The third-order valence-electron chi connectivity index (χ3n) is 4.38. The van der Waals surface area contributed by atoms with Crippen molar-refractivity contribution in [3.63, 3.8) is 0 Å². The maximum Gasteiger partial charge on any atom is 0.207 e. The molecule has 0 N–H and O–H groups in total. The van der Waals surface area contributed by atoms with Crippen LogP contribution < -0.4 is 0 Å². The lowest BCUT2D eigenvalue weighted by Crippen LogP contribution is -2.38. The lowest BCUT2D eigenvalue weighted by Gasteiger charge is -2.39. The van der Waals surface area contributed by atoms with Gasteiger partial charge in [0.2, 0.25) is 4.47 Å². The van der Waals surface area contributed by atoms with E-state index in [4.69, 9.17) is 11.6 Å². The molecule has 0 radical (unpaired) electrons. The van der Waals surface area contributed by atoms with Crippen LogP contribution in [-0.2, 0) is 6.54 Å². The minimum absolute atomic E-state index is 0.560. The van der Waals surface area contributed by atoms with Gasteiger partial charge in [0.1, 0.15) is 5.01 Å².